The summed E-state index contributed by atoms with van der Waals surface area (Å²) in [6.45, 7) is 20.0. The number of esters is 1. The molecule has 0 bridgehead atoms. The summed E-state index contributed by atoms with van der Waals surface area (Å²) < 4.78 is 6.07. The largest absolute Gasteiger partial charge is 0.504 e. The molecule has 5 aliphatic rings. The number of hydrogen-bond donors (Lipinski definition) is 3. The third-order valence-corrected chi connectivity index (χ3v) is 15.1. The first kappa shape index (κ1) is 32.3. The quantitative estimate of drug-likeness (QED) is 0.137. The Kier molecular flexibility index (Phi) is 7.33. The molecule has 10 unspecified atom stereocenters. The molecule has 1 aromatic carbocycles. The lowest BCUT2D eigenvalue weighted by atomic mass is 9.30. The van der Waals surface area contributed by atoms with E-state index < -0.39 is 33.9 Å². The SMILES string of the molecule is C=C(C)C1CCC2(C)CCC3(C)C(CCC4(O)C5(C)CCC(OC(=O)C=Cc6ccc(O)c(O)c6)C(C)(C)C5CC(=O)C34C)C12. The van der Waals surface area contributed by atoms with E-state index in [0.717, 1.165) is 19.3 Å². The number of phenolic OH excluding ortho intramolecular Hbond substituents is 2. The highest BCUT2D eigenvalue weighted by atomic mass is 16.5. The molecule has 0 amide bonds. The highest BCUT2D eigenvalue weighted by Gasteiger charge is 2.78. The van der Waals surface area contributed by atoms with Gasteiger partial charge in [-0.05, 0) is 123 Å². The summed E-state index contributed by atoms with van der Waals surface area (Å²) in [6.07, 6.45) is 10.2. The van der Waals surface area contributed by atoms with Crippen LogP contribution in [0.1, 0.15) is 112 Å². The maximum atomic E-state index is 14.8. The third kappa shape index (κ3) is 4.22. The first-order chi connectivity index (χ1) is 20.9. The Morgan fingerprint density at radius 1 is 0.933 bits per heavy atom. The fraction of sp³-hybridized carbons (Fsp3) is 0.692. The van der Waals surface area contributed by atoms with Gasteiger partial charge in [-0.25, -0.2) is 4.79 Å². The molecule has 6 rings (SSSR count). The molecule has 5 fully saturated rings. The predicted octanol–water partition coefficient (Wildman–Crippen LogP) is 7.99. The van der Waals surface area contributed by atoms with Crippen LogP contribution in [0.2, 0.25) is 0 Å². The summed E-state index contributed by atoms with van der Waals surface area (Å²) in [4.78, 5) is 27.8. The van der Waals surface area contributed by atoms with Crippen LogP contribution >= 0.6 is 0 Å². The number of ketones is 1. The van der Waals surface area contributed by atoms with Crippen molar-refractivity contribution in [2.75, 3.05) is 0 Å². The molecule has 6 heteroatoms. The summed E-state index contributed by atoms with van der Waals surface area (Å²) in [7, 11) is 0. The van der Waals surface area contributed by atoms with Gasteiger partial charge >= 0.3 is 5.97 Å². The molecule has 246 valence electrons. The van der Waals surface area contributed by atoms with Crippen LogP contribution in [0.4, 0.5) is 0 Å². The molecule has 1 aromatic rings. The second-order valence-corrected chi connectivity index (χ2v) is 17.2. The van der Waals surface area contributed by atoms with Gasteiger partial charge in [-0.15, -0.1) is 0 Å². The van der Waals surface area contributed by atoms with Crippen LogP contribution in [0.5, 0.6) is 11.5 Å². The van der Waals surface area contributed by atoms with Crippen LogP contribution in [0, 0.1) is 50.7 Å². The van der Waals surface area contributed by atoms with Crippen molar-refractivity contribution in [3.8, 4) is 11.5 Å². The van der Waals surface area contributed by atoms with E-state index in [1.54, 1.807) is 12.1 Å². The van der Waals surface area contributed by atoms with E-state index in [1.165, 1.54) is 36.6 Å². The van der Waals surface area contributed by atoms with Crippen molar-refractivity contribution in [1.82, 2.24) is 0 Å². The second-order valence-electron chi connectivity index (χ2n) is 17.2. The van der Waals surface area contributed by atoms with Crippen LogP contribution in [-0.4, -0.2) is 38.8 Å². The highest BCUT2D eigenvalue weighted by molar-refractivity contribution is 5.89. The molecule has 6 nitrogen and oxygen atoms in total. The smallest absolute Gasteiger partial charge is 0.331 e. The molecule has 0 radical (unpaired) electrons. The second kappa shape index (κ2) is 10.2. The van der Waals surface area contributed by atoms with E-state index >= 15 is 0 Å². The number of allylic oxidation sites excluding steroid dienone is 1. The number of fused-ring (bicyclic) bond motifs is 7. The number of hydrogen-bond acceptors (Lipinski definition) is 6. The molecular formula is C39H54O6. The summed E-state index contributed by atoms with van der Waals surface area (Å²) in [5.74, 6) is 0.436. The molecule has 0 aromatic heterocycles. The van der Waals surface area contributed by atoms with Crippen LogP contribution in [-0.2, 0) is 14.3 Å². The molecule has 3 N–H and O–H groups in total. The van der Waals surface area contributed by atoms with Crippen LogP contribution < -0.4 is 0 Å². The lowest BCUT2D eigenvalue weighted by Gasteiger charge is -2.74. The van der Waals surface area contributed by atoms with E-state index in [-0.39, 0.29) is 34.0 Å². The number of ether oxygens (including phenoxy) is 1. The van der Waals surface area contributed by atoms with Gasteiger partial charge in [-0.1, -0.05) is 52.8 Å². The summed E-state index contributed by atoms with van der Waals surface area (Å²) in [5.41, 5.74) is -1.22. The Labute approximate surface area is 269 Å². The number of benzene rings is 1. The molecule has 0 aliphatic heterocycles. The maximum absolute atomic E-state index is 14.8. The number of aromatic hydroxyl groups is 2. The molecule has 0 spiro atoms. The molecule has 10 atom stereocenters. The average molecular weight is 619 g/mol. The van der Waals surface area contributed by atoms with Gasteiger partial charge in [0, 0.05) is 23.3 Å². The maximum Gasteiger partial charge on any atom is 0.331 e. The molecule has 0 saturated heterocycles. The minimum Gasteiger partial charge on any atom is -0.504 e. The Morgan fingerprint density at radius 3 is 2.31 bits per heavy atom. The van der Waals surface area contributed by atoms with Crippen molar-refractivity contribution in [3.05, 3.63) is 42.0 Å². The number of rotatable bonds is 4. The number of carbonyl (C=O) groups excluding carboxylic acids is 2. The van der Waals surface area contributed by atoms with Crippen LogP contribution in [0.25, 0.3) is 6.08 Å². The monoisotopic (exact) mass is 618 g/mol. The van der Waals surface area contributed by atoms with Gasteiger partial charge in [0.05, 0.1) is 11.0 Å². The van der Waals surface area contributed by atoms with E-state index in [0.29, 0.717) is 49.0 Å². The molecular weight excluding hydrogens is 564 g/mol. The molecule has 5 saturated carbocycles. The van der Waals surface area contributed by atoms with Gasteiger partial charge in [0.15, 0.2) is 11.5 Å². The number of Topliss-reactive ketones (excluding diaryl/α,β-unsaturated/α-hetero) is 1. The molecule has 5 aliphatic carbocycles. The van der Waals surface area contributed by atoms with Crippen molar-refractivity contribution in [1.29, 1.82) is 0 Å². The van der Waals surface area contributed by atoms with Crippen molar-refractivity contribution >= 4 is 17.8 Å². The lowest BCUT2D eigenvalue weighted by molar-refractivity contribution is -0.305. The zero-order valence-corrected chi connectivity index (χ0v) is 28.4. The number of carbonyl (C=O) groups is 2. The van der Waals surface area contributed by atoms with Crippen molar-refractivity contribution in [3.63, 3.8) is 0 Å². The van der Waals surface area contributed by atoms with E-state index in [1.807, 2.05) is 0 Å². The van der Waals surface area contributed by atoms with Crippen molar-refractivity contribution < 1.29 is 29.6 Å². The number of phenols is 2. The van der Waals surface area contributed by atoms with E-state index in [9.17, 15) is 24.9 Å². The summed E-state index contributed by atoms with van der Waals surface area (Å²) >= 11 is 0. The van der Waals surface area contributed by atoms with Gasteiger partial charge < -0.3 is 20.1 Å². The number of aliphatic hydroxyl groups is 1. The summed E-state index contributed by atoms with van der Waals surface area (Å²) in [6, 6.07) is 4.36. The minimum atomic E-state index is -1.15. The van der Waals surface area contributed by atoms with Gasteiger partial charge in [0.25, 0.3) is 0 Å². The first-order valence-corrected chi connectivity index (χ1v) is 17.2. The highest BCUT2D eigenvalue weighted by Crippen LogP contribution is 2.77. The van der Waals surface area contributed by atoms with Crippen molar-refractivity contribution in [2.45, 2.75) is 118 Å². The zero-order valence-electron chi connectivity index (χ0n) is 28.4. The fourth-order valence-corrected chi connectivity index (χ4v) is 12.3. The zero-order chi connectivity index (χ0) is 33.0. The van der Waals surface area contributed by atoms with Crippen LogP contribution in [0.15, 0.2) is 36.4 Å². The molecule has 0 heterocycles. The Morgan fingerprint density at radius 2 is 1.64 bits per heavy atom. The van der Waals surface area contributed by atoms with Crippen LogP contribution in [0.3, 0.4) is 0 Å². The van der Waals surface area contributed by atoms with E-state index in [2.05, 4.69) is 55.0 Å². The normalized spacial score (nSPS) is 45.2. The van der Waals surface area contributed by atoms with Gasteiger partial charge in [0.1, 0.15) is 11.9 Å². The van der Waals surface area contributed by atoms with E-state index in [4.69, 9.17) is 4.74 Å². The van der Waals surface area contributed by atoms with Crippen molar-refractivity contribution in [2.24, 2.45) is 50.7 Å². The predicted molar refractivity (Wildman–Crippen MR) is 175 cm³/mol. The molecule has 45 heavy (non-hydrogen) atoms. The minimum absolute atomic E-state index is 0.135. The van der Waals surface area contributed by atoms with Gasteiger partial charge in [0.2, 0.25) is 0 Å². The van der Waals surface area contributed by atoms with Gasteiger partial charge in [-0.3, -0.25) is 4.79 Å². The Hall–Kier alpha value is -2.60. The lowest BCUT2D eigenvalue weighted by Crippen LogP contribution is -2.78. The summed E-state index contributed by atoms with van der Waals surface area (Å²) in [5, 5.41) is 32.6. The standard InChI is InChI=1S/C39H54O6/c1-23(2)25-13-16-35(5)19-20-36(6)26(33(25)35)14-18-39(44)37(7)17-15-31(34(3,4)29(37)22-30(42)38(36,39)8)45-32(43)12-10-24-9-11-27(40)28(41)21-24/h9-12,21,25-26,29,31,33,40-41,44H,1,13-20,22H2,2-8H3. The topological polar surface area (TPSA) is 104 Å². The van der Waals surface area contributed by atoms with Gasteiger partial charge in [-0.2, -0.15) is 0 Å². The average Bonchev–Trinajstić information content (AvgIpc) is 3.33. The Bertz CT molecular complexity index is 1460. The third-order valence-electron chi connectivity index (χ3n) is 15.1. The fourth-order valence-electron chi connectivity index (χ4n) is 12.3. The Balaban J connectivity index is 1.29. The first-order valence-electron chi connectivity index (χ1n) is 17.2.